The van der Waals surface area contributed by atoms with Gasteiger partial charge in [0.25, 0.3) is 0 Å². The fourth-order valence-corrected chi connectivity index (χ4v) is 5.56. The van der Waals surface area contributed by atoms with E-state index >= 15 is 0 Å². The molecule has 8 nitrogen and oxygen atoms in total. The first-order valence-corrected chi connectivity index (χ1v) is 13.7. The van der Waals surface area contributed by atoms with E-state index in [1.165, 1.54) is 23.2 Å². The van der Waals surface area contributed by atoms with Gasteiger partial charge < -0.3 is 24.5 Å². The van der Waals surface area contributed by atoms with Crippen molar-refractivity contribution >= 4 is 35.2 Å². The molecule has 3 aromatic rings. The van der Waals surface area contributed by atoms with Crippen LogP contribution in [0.15, 0.2) is 59.9 Å². The fourth-order valence-electron chi connectivity index (χ4n) is 4.54. The number of thioether (sulfide) groups is 1. The van der Waals surface area contributed by atoms with E-state index in [2.05, 4.69) is 52.4 Å². The first kappa shape index (κ1) is 28.2. The first-order chi connectivity index (χ1) is 18.9. The number of ether oxygens (including phenoxy) is 2. The van der Waals surface area contributed by atoms with Crippen LogP contribution in [0, 0.1) is 6.92 Å². The number of aldehydes is 2. The van der Waals surface area contributed by atoms with Gasteiger partial charge in [0.15, 0.2) is 23.0 Å². The Labute approximate surface area is 233 Å². The summed E-state index contributed by atoms with van der Waals surface area (Å²) in [5.74, 6) is 1.49. The van der Waals surface area contributed by atoms with Gasteiger partial charge in [0.1, 0.15) is 6.29 Å². The Bertz CT molecular complexity index is 1350. The maximum atomic E-state index is 10.2. The third-order valence-corrected chi connectivity index (χ3v) is 7.97. The number of aryl methyl sites for hydroxylation is 1. The molecular formula is C30H34N4O4S. The van der Waals surface area contributed by atoms with Crippen molar-refractivity contribution in [3.63, 3.8) is 0 Å². The summed E-state index contributed by atoms with van der Waals surface area (Å²) in [7, 11) is 4.02. The Morgan fingerprint density at radius 3 is 2.67 bits per heavy atom. The Morgan fingerprint density at radius 1 is 1.15 bits per heavy atom. The van der Waals surface area contributed by atoms with Crippen molar-refractivity contribution in [3.05, 3.63) is 82.7 Å². The van der Waals surface area contributed by atoms with Crippen LogP contribution >= 0.6 is 11.8 Å². The standard InChI is InChI=1S/C14H19N3S.C9H8O3.C7H7NO/c1-9-13(16-14(15-2)18-9)11-4-5-12-10(8-11)6-7-17(12)3;10-4-3-7-1-2-8-9(5-7)12-6-11-8;1-6-2-3-8-4-7(6)5-9/h4-5,8-9,13H,6-7H2,1-3H3,(H,15,16);1-2,4-5H,3,6H2;2-5H,1H3. The number of hydrogen-bond donors (Lipinski definition) is 1. The summed E-state index contributed by atoms with van der Waals surface area (Å²) in [6, 6.07) is 14.6. The summed E-state index contributed by atoms with van der Waals surface area (Å²) in [5, 5.41) is 5.11. The van der Waals surface area contributed by atoms with Gasteiger partial charge in [-0.1, -0.05) is 36.9 Å². The molecule has 2 aromatic carbocycles. The number of nitrogens with one attached hydrogen (secondary N) is 1. The average molecular weight is 547 g/mol. The van der Waals surface area contributed by atoms with Crippen LogP contribution in [0.2, 0.25) is 0 Å². The normalized spacial score (nSPS) is 19.3. The Kier molecular flexibility index (Phi) is 9.59. The van der Waals surface area contributed by atoms with Gasteiger partial charge in [-0.15, -0.1) is 0 Å². The highest BCUT2D eigenvalue weighted by Crippen LogP contribution is 2.36. The minimum absolute atomic E-state index is 0.278. The minimum Gasteiger partial charge on any atom is -0.454 e. The van der Waals surface area contributed by atoms with E-state index in [4.69, 9.17) is 9.47 Å². The molecule has 0 saturated carbocycles. The van der Waals surface area contributed by atoms with E-state index < -0.39 is 0 Å². The molecule has 2 unspecified atom stereocenters. The van der Waals surface area contributed by atoms with Gasteiger partial charge in [0.05, 0.1) is 6.04 Å². The highest BCUT2D eigenvalue weighted by Gasteiger charge is 2.30. The van der Waals surface area contributed by atoms with E-state index in [1.807, 2.05) is 50.0 Å². The van der Waals surface area contributed by atoms with Crippen molar-refractivity contribution in [3.8, 4) is 11.5 Å². The number of carbonyl (C=O) groups is 2. The molecule has 1 fully saturated rings. The highest BCUT2D eigenvalue weighted by atomic mass is 32.2. The van der Waals surface area contributed by atoms with E-state index in [9.17, 15) is 9.59 Å². The number of fused-ring (bicyclic) bond motifs is 2. The molecule has 0 bridgehead atoms. The van der Waals surface area contributed by atoms with Crippen molar-refractivity contribution in [2.45, 2.75) is 38.0 Å². The van der Waals surface area contributed by atoms with Crippen LogP contribution in [0.1, 0.15) is 45.6 Å². The van der Waals surface area contributed by atoms with Crippen molar-refractivity contribution in [2.75, 3.05) is 32.3 Å². The molecule has 0 amide bonds. The van der Waals surface area contributed by atoms with Crippen molar-refractivity contribution in [1.29, 1.82) is 0 Å². The van der Waals surface area contributed by atoms with Crippen LogP contribution in [0.5, 0.6) is 11.5 Å². The molecule has 3 aliphatic rings. The van der Waals surface area contributed by atoms with Gasteiger partial charge >= 0.3 is 0 Å². The molecule has 1 N–H and O–H groups in total. The second kappa shape index (κ2) is 13.3. The molecule has 204 valence electrons. The molecule has 2 atom stereocenters. The minimum atomic E-state index is 0.278. The third-order valence-electron chi connectivity index (χ3n) is 6.80. The number of aromatic nitrogens is 1. The van der Waals surface area contributed by atoms with E-state index in [1.54, 1.807) is 12.4 Å². The number of pyridine rings is 1. The Balaban J connectivity index is 0.000000146. The summed E-state index contributed by atoms with van der Waals surface area (Å²) in [6.45, 7) is 5.56. The maximum absolute atomic E-state index is 10.2. The molecule has 0 spiro atoms. The largest absolute Gasteiger partial charge is 0.454 e. The van der Waals surface area contributed by atoms with Crippen LogP contribution in [0.3, 0.4) is 0 Å². The maximum Gasteiger partial charge on any atom is 0.231 e. The van der Waals surface area contributed by atoms with Gasteiger partial charge in [-0.05, 0) is 59.9 Å². The molecule has 0 aliphatic carbocycles. The summed E-state index contributed by atoms with van der Waals surface area (Å²) in [5.41, 5.74) is 6.85. The van der Waals surface area contributed by atoms with Crippen molar-refractivity contribution in [2.24, 2.45) is 4.99 Å². The summed E-state index contributed by atoms with van der Waals surface area (Å²) < 4.78 is 10.3. The van der Waals surface area contributed by atoms with Gasteiger partial charge in [-0.2, -0.15) is 0 Å². The lowest BCUT2D eigenvalue weighted by molar-refractivity contribution is -0.107. The Morgan fingerprint density at radius 2 is 1.97 bits per heavy atom. The smallest absolute Gasteiger partial charge is 0.231 e. The molecule has 1 saturated heterocycles. The summed E-state index contributed by atoms with van der Waals surface area (Å²) in [6.07, 6.45) is 6.50. The molecule has 6 rings (SSSR count). The number of carbonyl (C=O) groups excluding carboxylic acids is 2. The zero-order chi connectivity index (χ0) is 27.8. The predicted molar refractivity (Wildman–Crippen MR) is 156 cm³/mol. The number of hydrogen-bond acceptors (Lipinski definition) is 8. The van der Waals surface area contributed by atoms with E-state index in [-0.39, 0.29) is 6.79 Å². The van der Waals surface area contributed by atoms with Crippen LogP contribution < -0.4 is 19.7 Å². The number of likely N-dealkylation sites (N-methyl/N-ethyl adjacent to an activating group) is 1. The van der Waals surface area contributed by atoms with Crippen molar-refractivity contribution in [1.82, 2.24) is 10.3 Å². The second-order valence-corrected chi connectivity index (χ2v) is 10.8. The van der Waals surface area contributed by atoms with Crippen LogP contribution in [0.25, 0.3) is 0 Å². The quantitative estimate of drug-likeness (QED) is 0.467. The SMILES string of the molecule is CN=C1NC(c2ccc3c(c2)CCN3C)C(C)S1.Cc1ccncc1C=O.O=CCc1ccc2c(c1)OCO2. The highest BCUT2D eigenvalue weighted by molar-refractivity contribution is 8.14. The molecule has 1 aromatic heterocycles. The van der Waals surface area contributed by atoms with Gasteiger partial charge in [0, 0.05) is 56.0 Å². The van der Waals surface area contributed by atoms with Crippen LogP contribution in [-0.4, -0.2) is 55.4 Å². The number of nitrogens with zero attached hydrogens (tertiary/aromatic N) is 3. The topological polar surface area (TPSA) is 93.1 Å². The molecule has 0 radical (unpaired) electrons. The number of anilines is 1. The van der Waals surface area contributed by atoms with E-state index in [0.29, 0.717) is 23.3 Å². The third kappa shape index (κ3) is 6.97. The summed E-state index contributed by atoms with van der Waals surface area (Å²) >= 11 is 1.83. The van der Waals surface area contributed by atoms with Gasteiger partial charge in [-0.25, -0.2) is 0 Å². The summed E-state index contributed by atoms with van der Waals surface area (Å²) in [4.78, 5) is 30.8. The molecule has 39 heavy (non-hydrogen) atoms. The molecule has 3 aliphatic heterocycles. The zero-order valence-electron chi connectivity index (χ0n) is 22.7. The number of aliphatic imine (C=N–C) groups is 1. The van der Waals surface area contributed by atoms with Gasteiger partial charge in [-0.3, -0.25) is 14.8 Å². The average Bonchev–Trinajstić information content (AvgIpc) is 3.68. The number of amidine groups is 1. The zero-order valence-corrected chi connectivity index (χ0v) is 23.5. The van der Waals surface area contributed by atoms with E-state index in [0.717, 1.165) is 46.9 Å². The predicted octanol–water partition coefficient (Wildman–Crippen LogP) is 4.79. The van der Waals surface area contributed by atoms with Crippen LogP contribution in [-0.2, 0) is 17.6 Å². The lowest BCUT2D eigenvalue weighted by atomic mass is 10.0. The second-order valence-electron chi connectivity index (χ2n) is 9.44. The molecular weight excluding hydrogens is 512 g/mol. The van der Waals surface area contributed by atoms with Gasteiger partial charge in [0.2, 0.25) is 6.79 Å². The monoisotopic (exact) mass is 546 g/mol. The first-order valence-electron chi connectivity index (χ1n) is 12.8. The number of rotatable bonds is 4. The fraction of sp³-hybridized carbons (Fsp3) is 0.333. The Hall–Kier alpha value is -3.85. The number of benzene rings is 2. The lowest BCUT2D eigenvalue weighted by Crippen LogP contribution is -2.22. The molecule has 4 heterocycles. The van der Waals surface area contributed by atoms with Crippen LogP contribution in [0.4, 0.5) is 5.69 Å². The van der Waals surface area contributed by atoms with Crippen molar-refractivity contribution < 1.29 is 19.1 Å². The molecule has 9 heteroatoms. The lowest BCUT2D eigenvalue weighted by Gasteiger charge is -2.17.